The van der Waals surface area contributed by atoms with E-state index in [4.69, 9.17) is 4.74 Å². The predicted octanol–water partition coefficient (Wildman–Crippen LogP) is 6.49. The van der Waals surface area contributed by atoms with Gasteiger partial charge in [-0.25, -0.2) is 0 Å². The Labute approximate surface area is 165 Å². The molecule has 0 fully saturated rings. The molecule has 0 radical (unpaired) electrons. The molecule has 0 amide bonds. The molecule has 0 atom stereocenters. The fourth-order valence-electron chi connectivity index (χ4n) is 3.95. The van der Waals surface area contributed by atoms with Crippen LogP contribution in [0.3, 0.4) is 0 Å². The van der Waals surface area contributed by atoms with Gasteiger partial charge in [-0.2, -0.15) is 0 Å². The summed E-state index contributed by atoms with van der Waals surface area (Å²) >= 11 is 3.66. The first-order valence-electron chi connectivity index (χ1n) is 8.73. The van der Waals surface area contributed by atoms with Crippen molar-refractivity contribution in [2.24, 2.45) is 0 Å². The third-order valence-corrected chi connectivity index (χ3v) is 5.89. The fraction of sp³-hybridized carbons (Fsp3) is 0.0417. The van der Waals surface area contributed by atoms with Crippen molar-refractivity contribution >= 4 is 32.5 Å². The average Bonchev–Trinajstić information content (AvgIpc) is 3.00. The summed E-state index contributed by atoms with van der Waals surface area (Å²) in [7, 11) is 1.66. The van der Waals surface area contributed by atoms with Gasteiger partial charge in [0.1, 0.15) is 5.75 Å². The van der Waals surface area contributed by atoms with E-state index in [0.29, 0.717) is 0 Å². The second-order valence-electron chi connectivity index (χ2n) is 6.61. The van der Waals surface area contributed by atoms with Crippen molar-refractivity contribution in [1.82, 2.24) is 0 Å². The molecule has 130 valence electrons. The molecule has 0 bridgehead atoms. The number of halogens is 1. The number of ether oxygens (including phenoxy) is 1. The summed E-state index contributed by atoms with van der Waals surface area (Å²) in [5.74, 6) is 0.904. The van der Waals surface area contributed by atoms with E-state index < -0.39 is 0 Å². The summed E-state index contributed by atoms with van der Waals surface area (Å²) < 4.78 is 6.30. The Hall–Kier alpha value is -2.91. The zero-order valence-electron chi connectivity index (χ0n) is 14.6. The van der Waals surface area contributed by atoms with Crippen LogP contribution in [0.5, 0.6) is 5.75 Å². The number of hydrogen-bond acceptors (Lipinski definition) is 2. The summed E-state index contributed by atoms with van der Waals surface area (Å²) in [6.45, 7) is 0. The van der Waals surface area contributed by atoms with E-state index in [0.717, 1.165) is 54.4 Å². The molecule has 0 unspecified atom stereocenters. The number of rotatable bonds is 2. The lowest BCUT2D eigenvalue weighted by Gasteiger charge is -2.15. The van der Waals surface area contributed by atoms with Gasteiger partial charge >= 0.3 is 0 Å². The number of ketones is 1. The monoisotopic (exact) mass is 414 g/mol. The maximum Gasteiger partial charge on any atom is 0.194 e. The lowest BCUT2D eigenvalue weighted by atomic mass is 9.89. The first-order chi connectivity index (χ1) is 13.2. The predicted molar refractivity (Wildman–Crippen MR) is 113 cm³/mol. The lowest BCUT2D eigenvalue weighted by Crippen LogP contribution is -1.96. The molecule has 0 spiro atoms. The maximum atomic E-state index is 13.1. The molecule has 0 aliphatic heterocycles. The number of fused-ring (bicyclic) bond motifs is 4. The Morgan fingerprint density at radius 1 is 0.741 bits per heavy atom. The van der Waals surface area contributed by atoms with Crippen LogP contribution in [0.25, 0.3) is 33.0 Å². The van der Waals surface area contributed by atoms with Crippen LogP contribution in [0.4, 0.5) is 0 Å². The number of benzene rings is 4. The van der Waals surface area contributed by atoms with Crippen LogP contribution in [-0.2, 0) is 0 Å². The molecule has 0 saturated carbocycles. The highest BCUT2D eigenvalue weighted by molar-refractivity contribution is 9.10. The van der Waals surface area contributed by atoms with Gasteiger partial charge in [-0.15, -0.1) is 0 Å². The largest absolute Gasteiger partial charge is 0.497 e. The summed E-state index contributed by atoms with van der Waals surface area (Å²) in [5.41, 5.74) is 5.72. The third kappa shape index (κ3) is 2.35. The van der Waals surface area contributed by atoms with E-state index >= 15 is 0 Å². The van der Waals surface area contributed by atoms with Crippen LogP contribution in [-0.4, -0.2) is 12.9 Å². The van der Waals surface area contributed by atoms with Crippen LogP contribution in [0.2, 0.25) is 0 Å². The minimum Gasteiger partial charge on any atom is -0.497 e. The Kier molecular flexibility index (Phi) is 3.66. The van der Waals surface area contributed by atoms with Gasteiger partial charge in [-0.3, -0.25) is 4.79 Å². The molecule has 5 rings (SSSR count). The first kappa shape index (κ1) is 16.3. The molecule has 4 aromatic carbocycles. The maximum absolute atomic E-state index is 13.1. The van der Waals surface area contributed by atoms with Crippen molar-refractivity contribution in [3.63, 3.8) is 0 Å². The second kappa shape index (κ2) is 6.07. The molecule has 0 aromatic heterocycles. The van der Waals surface area contributed by atoms with E-state index in [-0.39, 0.29) is 5.78 Å². The van der Waals surface area contributed by atoms with Crippen LogP contribution < -0.4 is 4.74 Å². The standard InChI is InChI=1S/C24H15BrO2/c1-27-15-11-9-14(10-12-15)22-17-7-4-8-21(25)19(17)13-20-23(22)16-5-2-3-6-18(16)24(20)26/h2-13H,1H3. The van der Waals surface area contributed by atoms with E-state index in [2.05, 4.69) is 34.1 Å². The van der Waals surface area contributed by atoms with Crippen molar-refractivity contribution in [3.8, 4) is 28.0 Å². The van der Waals surface area contributed by atoms with Crippen molar-refractivity contribution in [2.75, 3.05) is 7.11 Å². The van der Waals surface area contributed by atoms with Gasteiger partial charge in [0.05, 0.1) is 7.11 Å². The Bertz CT molecular complexity index is 1220. The molecule has 3 heteroatoms. The Morgan fingerprint density at radius 3 is 2.22 bits per heavy atom. The van der Waals surface area contributed by atoms with Gasteiger partial charge in [0.25, 0.3) is 0 Å². The highest BCUT2D eigenvalue weighted by Crippen LogP contribution is 2.47. The minimum absolute atomic E-state index is 0.0908. The van der Waals surface area contributed by atoms with Crippen LogP contribution in [0.1, 0.15) is 15.9 Å². The molecule has 27 heavy (non-hydrogen) atoms. The third-order valence-electron chi connectivity index (χ3n) is 5.19. The number of carbonyl (C=O) groups excluding carboxylic acids is 1. The van der Waals surface area contributed by atoms with Crippen LogP contribution in [0, 0.1) is 0 Å². The summed E-state index contributed by atoms with van der Waals surface area (Å²) in [4.78, 5) is 13.1. The quantitative estimate of drug-likeness (QED) is 0.330. The molecule has 1 aliphatic carbocycles. The van der Waals surface area contributed by atoms with Crippen molar-refractivity contribution in [3.05, 3.63) is 88.4 Å². The van der Waals surface area contributed by atoms with Gasteiger partial charge in [-0.1, -0.05) is 64.5 Å². The highest BCUT2D eigenvalue weighted by atomic mass is 79.9. The molecule has 4 aromatic rings. The number of methoxy groups -OCH3 is 1. The van der Waals surface area contributed by atoms with Crippen LogP contribution in [0.15, 0.2) is 77.3 Å². The zero-order valence-corrected chi connectivity index (χ0v) is 16.2. The SMILES string of the molecule is COc1ccc(-c2c3c(cc4c(Br)cccc24)C(=O)c2ccccc2-3)cc1. The van der Waals surface area contributed by atoms with Crippen molar-refractivity contribution in [2.45, 2.75) is 0 Å². The van der Waals surface area contributed by atoms with E-state index in [1.165, 1.54) is 0 Å². The smallest absolute Gasteiger partial charge is 0.194 e. The molecule has 0 saturated heterocycles. The fourth-order valence-corrected chi connectivity index (χ4v) is 4.43. The van der Waals surface area contributed by atoms with Gasteiger partial charge in [0.15, 0.2) is 5.78 Å². The molecule has 2 nitrogen and oxygen atoms in total. The Balaban J connectivity index is 1.94. The average molecular weight is 415 g/mol. The molecule has 0 heterocycles. The van der Waals surface area contributed by atoms with Crippen molar-refractivity contribution in [1.29, 1.82) is 0 Å². The van der Waals surface area contributed by atoms with Gasteiger partial charge < -0.3 is 4.74 Å². The van der Waals surface area contributed by atoms with Crippen LogP contribution >= 0.6 is 15.9 Å². The van der Waals surface area contributed by atoms with E-state index in [1.807, 2.05) is 54.6 Å². The zero-order chi connectivity index (χ0) is 18.5. The normalized spacial score (nSPS) is 12.1. The van der Waals surface area contributed by atoms with Gasteiger partial charge in [-0.05, 0) is 51.7 Å². The first-order valence-corrected chi connectivity index (χ1v) is 9.52. The summed E-state index contributed by atoms with van der Waals surface area (Å²) in [5, 5.41) is 2.17. The summed E-state index contributed by atoms with van der Waals surface area (Å²) in [6, 6.07) is 24.1. The number of hydrogen-bond donors (Lipinski definition) is 0. The topological polar surface area (TPSA) is 26.3 Å². The molecule has 1 aliphatic rings. The minimum atomic E-state index is 0.0908. The lowest BCUT2D eigenvalue weighted by molar-refractivity contribution is 0.104. The molecule has 0 N–H and O–H groups in total. The molecular formula is C24H15BrO2. The van der Waals surface area contributed by atoms with Gasteiger partial charge in [0.2, 0.25) is 0 Å². The number of carbonyl (C=O) groups is 1. The second-order valence-corrected chi connectivity index (χ2v) is 7.47. The molecular weight excluding hydrogens is 400 g/mol. The van der Waals surface area contributed by atoms with E-state index in [9.17, 15) is 4.79 Å². The highest BCUT2D eigenvalue weighted by Gasteiger charge is 2.30. The Morgan fingerprint density at radius 2 is 1.48 bits per heavy atom. The summed E-state index contributed by atoms with van der Waals surface area (Å²) in [6.07, 6.45) is 0. The van der Waals surface area contributed by atoms with Crippen molar-refractivity contribution < 1.29 is 9.53 Å². The van der Waals surface area contributed by atoms with E-state index in [1.54, 1.807) is 7.11 Å². The van der Waals surface area contributed by atoms with Gasteiger partial charge in [0, 0.05) is 21.2 Å².